The van der Waals surface area contributed by atoms with Crippen LogP contribution in [-0.4, -0.2) is 21.1 Å². The lowest BCUT2D eigenvalue weighted by Crippen LogP contribution is -2.05. The van der Waals surface area contributed by atoms with Gasteiger partial charge >= 0.3 is 5.97 Å². The van der Waals surface area contributed by atoms with Crippen LogP contribution < -0.4 is 0 Å². The van der Waals surface area contributed by atoms with E-state index in [0.29, 0.717) is 5.82 Å². The fourth-order valence-electron chi connectivity index (χ4n) is 2.14. The molecule has 26 heavy (non-hydrogen) atoms. The number of carbonyl (C=O) groups excluding carboxylic acids is 1. The Kier molecular flexibility index (Phi) is 4.91. The molecule has 0 radical (unpaired) electrons. The number of hydrogen-bond acceptors (Lipinski definition) is 8. The molecule has 4 rings (SSSR count). The van der Waals surface area contributed by atoms with Crippen molar-refractivity contribution in [1.82, 2.24) is 15.1 Å². The van der Waals surface area contributed by atoms with Crippen LogP contribution in [-0.2, 0) is 11.3 Å². The summed E-state index contributed by atoms with van der Waals surface area (Å²) in [5.74, 6) is 0.138. The largest absolute Gasteiger partial charge is 0.451 e. The summed E-state index contributed by atoms with van der Waals surface area (Å²) >= 11 is 6.37. The molecule has 0 aliphatic heterocycles. The SMILES string of the molecule is O=C(OCc1nc(-c2cccc(Br)c2)no1)c1csc(-c2cccs2)n1. The van der Waals surface area contributed by atoms with Crippen molar-refractivity contribution in [3.63, 3.8) is 0 Å². The monoisotopic (exact) mass is 447 g/mol. The van der Waals surface area contributed by atoms with Crippen LogP contribution in [0.4, 0.5) is 0 Å². The molecule has 0 amide bonds. The van der Waals surface area contributed by atoms with Crippen molar-refractivity contribution in [1.29, 1.82) is 0 Å². The average molecular weight is 448 g/mol. The lowest BCUT2D eigenvalue weighted by molar-refractivity contribution is 0.0424. The molecule has 0 aliphatic carbocycles. The van der Waals surface area contributed by atoms with Gasteiger partial charge in [0.05, 0.1) is 4.88 Å². The number of nitrogens with zero attached hydrogens (tertiary/aromatic N) is 3. The number of thiophene rings is 1. The number of carbonyl (C=O) groups is 1. The van der Waals surface area contributed by atoms with Gasteiger partial charge in [-0.2, -0.15) is 4.98 Å². The molecule has 3 aromatic heterocycles. The Labute approximate surface area is 164 Å². The van der Waals surface area contributed by atoms with Gasteiger partial charge in [-0.1, -0.05) is 39.3 Å². The third-order valence-electron chi connectivity index (χ3n) is 3.32. The minimum Gasteiger partial charge on any atom is -0.451 e. The molecule has 0 unspecified atom stereocenters. The molecule has 6 nitrogen and oxygen atoms in total. The van der Waals surface area contributed by atoms with Gasteiger partial charge < -0.3 is 9.26 Å². The Morgan fingerprint density at radius 2 is 2.12 bits per heavy atom. The molecule has 0 saturated carbocycles. The molecule has 0 aliphatic rings. The van der Waals surface area contributed by atoms with Gasteiger partial charge in [-0.05, 0) is 23.6 Å². The molecule has 9 heteroatoms. The van der Waals surface area contributed by atoms with Crippen LogP contribution >= 0.6 is 38.6 Å². The smallest absolute Gasteiger partial charge is 0.358 e. The first-order chi connectivity index (χ1) is 12.7. The predicted octanol–water partition coefficient (Wildman–Crippen LogP) is 5.04. The highest BCUT2D eigenvalue weighted by Crippen LogP contribution is 2.28. The fourth-order valence-corrected chi connectivity index (χ4v) is 4.14. The second-order valence-electron chi connectivity index (χ2n) is 5.11. The standard InChI is InChI=1S/C17H10BrN3O3S2/c18-11-4-1-3-10(7-11)15-20-14(24-21-15)8-23-17(22)12-9-26-16(19-12)13-5-2-6-25-13/h1-7,9H,8H2. The number of ether oxygens (including phenoxy) is 1. The highest BCUT2D eigenvalue weighted by atomic mass is 79.9. The number of aromatic nitrogens is 3. The summed E-state index contributed by atoms with van der Waals surface area (Å²) in [5, 5.41) is 8.34. The predicted molar refractivity (Wildman–Crippen MR) is 102 cm³/mol. The van der Waals surface area contributed by atoms with Crippen LogP contribution in [0.5, 0.6) is 0 Å². The number of thiazole rings is 1. The van der Waals surface area contributed by atoms with E-state index in [1.165, 1.54) is 11.3 Å². The first-order valence-electron chi connectivity index (χ1n) is 7.44. The van der Waals surface area contributed by atoms with E-state index in [1.54, 1.807) is 16.7 Å². The molecule has 0 spiro atoms. The molecular formula is C17H10BrN3O3S2. The normalized spacial score (nSPS) is 10.8. The van der Waals surface area contributed by atoms with Gasteiger partial charge in [-0.15, -0.1) is 22.7 Å². The molecule has 0 atom stereocenters. The van der Waals surface area contributed by atoms with Gasteiger partial charge in [0.15, 0.2) is 12.3 Å². The lowest BCUT2D eigenvalue weighted by Gasteiger charge is -1.98. The summed E-state index contributed by atoms with van der Waals surface area (Å²) in [5.41, 5.74) is 1.07. The second kappa shape index (κ2) is 7.48. The first-order valence-corrected chi connectivity index (χ1v) is 9.99. The van der Waals surface area contributed by atoms with Gasteiger partial charge in [-0.25, -0.2) is 9.78 Å². The zero-order valence-electron chi connectivity index (χ0n) is 13.1. The number of hydrogen-bond donors (Lipinski definition) is 0. The molecule has 4 aromatic rings. The van der Waals surface area contributed by atoms with Gasteiger partial charge in [0.1, 0.15) is 5.01 Å². The van der Waals surface area contributed by atoms with Crippen LogP contribution in [0.15, 0.2) is 56.2 Å². The highest BCUT2D eigenvalue weighted by molar-refractivity contribution is 9.10. The summed E-state index contributed by atoms with van der Waals surface area (Å²) in [6.07, 6.45) is 0. The zero-order valence-corrected chi connectivity index (χ0v) is 16.3. The van der Waals surface area contributed by atoms with Crippen LogP contribution in [0.2, 0.25) is 0 Å². The Bertz CT molecular complexity index is 1040. The van der Waals surface area contributed by atoms with E-state index >= 15 is 0 Å². The van der Waals surface area contributed by atoms with Gasteiger partial charge in [0.2, 0.25) is 5.82 Å². The molecule has 0 bridgehead atoms. The van der Waals surface area contributed by atoms with Crippen LogP contribution in [0.3, 0.4) is 0 Å². The van der Waals surface area contributed by atoms with E-state index in [2.05, 4.69) is 31.1 Å². The number of halogens is 1. The maximum absolute atomic E-state index is 12.2. The summed E-state index contributed by atoms with van der Waals surface area (Å²) in [6, 6.07) is 11.4. The minimum atomic E-state index is -0.522. The second-order valence-corrected chi connectivity index (χ2v) is 7.83. The molecular weight excluding hydrogens is 438 g/mol. The van der Waals surface area contributed by atoms with E-state index in [1.807, 2.05) is 41.8 Å². The Hall–Kier alpha value is -2.36. The number of esters is 1. The van der Waals surface area contributed by atoms with Crippen LogP contribution in [0, 0.1) is 0 Å². The van der Waals surface area contributed by atoms with Crippen molar-refractivity contribution in [3.05, 3.63) is 63.2 Å². The fraction of sp³-hybridized carbons (Fsp3) is 0.0588. The molecule has 1 aromatic carbocycles. The van der Waals surface area contributed by atoms with Gasteiger partial charge in [0.25, 0.3) is 5.89 Å². The van der Waals surface area contributed by atoms with Crippen LogP contribution in [0.1, 0.15) is 16.4 Å². The molecule has 0 N–H and O–H groups in total. The van der Waals surface area contributed by atoms with E-state index < -0.39 is 5.97 Å². The van der Waals surface area contributed by atoms with E-state index in [4.69, 9.17) is 9.26 Å². The maximum atomic E-state index is 12.2. The van der Waals surface area contributed by atoms with Crippen LogP contribution in [0.25, 0.3) is 21.3 Å². The molecule has 0 saturated heterocycles. The summed E-state index contributed by atoms with van der Waals surface area (Å²) < 4.78 is 11.3. The van der Waals surface area contributed by atoms with E-state index in [9.17, 15) is 4.79 Å². The van der Waals surface area contributed by atoms with Crippen molar-refractivity contribution in [3.8, 4) is 21.3 Å². The third kappa shape index (κ3) is 3.74. The summed E-state index contributed by atoms with van der Waals surface area (Å²) in [6.45, 7) is -0.105. The molecule has 0 fully saturated rings. The van der Waals surface area contributed by atoms with Gasteiger partial charge in [-0.3, -0.25) is 0 Å². The Morgan fingerprint density at radius 1 is 1.19 bits per heavy atom. The molecule has 3 heterocycles. The van der Waals surface area contributed by atoms with Crippen molar-refractivity contribution < 1.29 is 14.1 Å². The van der Waals surface area contributed by atoms with Crippen molar-refractivity contribution in [2.24, 2.45) is 0 Å². The van der Waals surface area contributed by atoms with Gasteiger partial charge in [0, 0.05) is 15.4 Å². The quantitative estimate of drug-likeness (QED) is 0.398. The van der Waals surface area contributed by atoms with E-state index in [0.717, 1.165) is 19.9 Å². The topological polar surface area (TPSA) is 78.1 Å². The minimum absolute atomic E-state index is 0.105. The third-order valence-corrected chi connectivity index (χ3v) is 5.70. The Morgan fingerprint density at radius 3 is 2.92 bits per heavy atom. The van der Waals surface area contributed by atoms with Crippen molar-refractivity contribution in [2.75, 3.05) is 0 Å². The first kappa shape index (κ1) is 17.1. The Balaban J connectivity index is 1.41. The lowest BCUT2D eigenvalue weighted by atomic mass is 10.2. The zero-order chi connectivity index (χ0) is 17.9. The number of rotatable bonds is 5. The number of benzene rings is 1. The summed E-state index contributed by atoms with van der Waals surface area (Å²) in [4.78, 5) is 21.7. The van der Waals surface area contributed by atoms with E-state index in [-0.39, 0.29) is 18.2 Å². The van der Waals surface area contributed by atoms with Crippen molar-refractivity contribution >= 4 is 44.6 Å². The summed E-state index contributed by atoms with van der Waals surface area (Å²) in [7, 11) is 0. The molecule has 130 valence electrons. The average Bonchev–Trinajstić information content (AvgIpc) is 3.40. The maximum Gasteiger partial charge on any atom is 0.358 e. The highest BCUT2D eigenvalue weighted by Gasteiger charge is 2.16. The van der Waals surface area contributed by atoms with Crippen molar-refractivity contribution in [2.45, 2.75) is 6.61 Å².